The van der Waals surface area contributed by atoms with E-state index in [1.807, 2.05) is 0 Å². The van der Waals surface area contributed by atoms with Crippen LogP contribution in [0.3, 0.4) is 0 Å². The fourth-order valence-corrected chi connectivity index (χ4v) is 3.77. The molecule has 2 aliphatic rings. The van der Waals surface area contributed by atoms with Crippen LogP contribution in [0.1, 0.15) is 24.0 Å². The van der Waals surface area contributed by atoms with Crippen LogP contribution in [0.15, 0.2) is 36.7 Å². The molecule has 1 aromatic heterocycles. The molecule has 1 spiro atoms. The fraction of sp³-hybridized carbons (Fsp3) is 0.412. The minimum Gasteiger partial charge on any atom is -0.341 e. The summed E-state index contributed by atoms with van der Waals surface area (Å²) >= 11 is 0. The van der Waals surface area contributed by atoms with Gasteiger partial charge in [0, 0.05) is 31.6 Å². The van der Waals surface area contributed by atoms with Crippen molar-refractivity contribution >= 4 is 30.8 Å². The zero-order valence-electron chi connectivity index (χ0n) is 13.2. The lowest BCUT2D eigenvalue weighted by Crippen LogP contribution is -2.51. The Bertz CT molecular complexity index is 673. The Kier molecular flexibility index (Phi) is 6.01. The highest BCUT2D eigenvalue weighted by atomic mass is 35.5. The third-order valence-electron chi connectivity index (χ3n) is 4.98. The minimum absolute atomic E-state index is 0. The van der Waals surface area contributed by atoms with Crippen LogP contribution in [-0.4, -0.2) is 29.6 Å². The Morgan fingerprint density at radius 1 is 1.04 bits per heavy atom. The number of rotatable bonds is 1. The number of halogens is 3. The van der Waals surface area contributed by atoms with Crippen molar-refractivity contribution in [3.05, 3.63) is 53.6 Å². The third kappa shape index (κ3) is 3.34. The van der Waals surface area contributed by atoms with Crippen molar-refractivity contribution in [2.75, 3.05) is 24.5 Å². The van der Waals surface area contributed by atoms with Gasteiger partial charge < -0.3 is 10.2 Å². The SMILES string of the molecule is Cl.Cl.Fc1cnc(N2CCC3(CC2)CNCc2ccccc23)nc1. The number of fused-ring (bicyclic) bond motifs is 2. The van der Waals surface area contributed by atoms with Crippen molar-refractivity contribution in [1.29, 1.82) is 0 Å². The van der Waals surface area contributed by atoms with E-state index in [0.717, 1.165) is 39.0 Å². The van der Waals surface area contributed by atoms with Gasteiger partial charge in [-0.1, -0.05) is 24.3 Å². The van der Waals surface area contributed by atoms with Gasteiger partial charge in [-0.25, -0.2) is 14.4 Å². The Hall–Kier alpha value is -1.43. The predicted octanol–water partition coefficient (Wildman–Crippen LogP) is 3.10. The van der Waals surface area contributed by atoms with E-state index in [1.54, 1.807) is 0 Å². The summed E-state index contributed by atoms with van der Waals surface area (Å²) in [4.78, 5) is 10.4. The minimum atomic E-state index is -0.386. The van der Waals surface area contributed by atoms with Crippen molar-refractivity contribution < 1.29 is 4.39 Å². The molecule has 0 aliphatic carbocycles. The number of hydrogen-bond donors (Lipinski definition) is 1. The molecule has 4 rings (SSSR count). The van der Waals surface area contributed by atoms with E-state index < -0.39 is 0 Å². The summed E-state index contributed by atoms with van der Waals surface area (Å²) in [6, 6.07) is 8.75. The number of anilines is 1. The molecule has 1 aromatic carbocycles. The molecule has 0 saturated carbocycles. The first-order valence-electron chi connectivity index (χ1n) is 7.78. The second-order valence-electron chi connectivity index (χ2n) is 6.23. The van der Waals surface area contributed by atoms with Crippen LogP contribution in [0, 0.1) is 5.82 Å². The van der Waals surface area contributed by atoms with Crippen LogP contribution in [0.2, 0.25) is 0 Å². The number of nitrogens with zero attached hydrogens (tertiary/aromatic N) is 3. The van der Waals surface area contributed by atoms with E-state index in [1.165, 1.54) is 23.5 Å². The summed E-state index contributed by atoms with van der Waals surface area (Å²) in [5.41, 5.74) is 3.12. The van der Waals surface area contributed by atoms with Crippen molar-refractivity contribution in [2.45, 2.75) is 24.8 Å². The second-order valence-corrected chi connectivity index (χ2v) is 6.23. The molecule has 0 radical (unpaired) electrons. The van der Waals surface area contributed by atoms with Crippen LogP contribution in [0.5, 0.6) is 0 Å². The first kappa shape index (κ1) is 18.9. The first-order valence-corrected chi connectivity index (χ1v) is 7.78. The molecule has 24 heavy (non-hydrogen) atoms. The molecule has 0 bridgehead atoms. The maximum Gasteiger partial charge on any atom is 0.225 e. The molecule has 1 saturated heterocycles. The summed E-state index contributed by atoms with van der Waals surface area (Å²) < 4.78 is 13.0. The second kappa shape index (κ2) is 7.64. The Labute approximate surface area is 153 Å². The van der Waals surface area contributed by atoms with Crippen molar-refractivity contribution in [3.8, 4) is 0 Å². The first-order chi connectivity index (χ1) is 10.8. The fourth-order valence-electron chi connectivity index (χ4n) is 3.77. The summed E-state index contributed by atoms with van der Waals surface area (Å²) in [6.45, 7) is 3.80. The van der Waals surface area contributed by atoms with Gasteiger partial charge in [0.25, 0.3) is 0 Å². The monoisotopic (exact) mass is 370 g/mol. The Morgan fingerprint density at radius 2 is 1.71 bits per heavy atom. The van der Waals surface area contributed by atoms with Crippen LogP contribution >= 0.6 is 24.8 Å². The molecule has 0 amide bonds. The number of hydrogen-bond acceptors (Lipinski definition) is 4. The van der Waals surface area contributed by atoms with E-state index in [9.17, 15) is 4.39 Å². The van der Waals surface area contributed by atoms with Crippen LogP contribution in [0.4, 0.5) is 10.3 Å². The number of piperidine rings is 1. The average molecular weight is 371 g/mol. The quantitative estimate of drug-likeness (QED) is 0.837. The van der Waals surface area contributed by atoms with Gasteiger partial charge in [-0.2, -0.15) is 0 Å². The van der Waals surface area contributed by atoms with E-state index in [4.69, 9.17) is 0 Å². The van der Waals surface area contributed by atoms with Gasteiger partial charge in [-0.15, -0.1) is 24.8 Å². The van der Waals surface area contributed by atoms with Gasteiger partial charge in [0.05, 0.1) is 12.4 Å². The lowest BCUT2D eigenvalue weighted by molar-refractivity contribution is 0.294. The largest absolute Gasteiger partial charge is 0.341 e. The Balaban J connectivity index is 0.00000104. The number of benzene rings is 1. The third-order valence-corrected chi connectivity index (χ3v) is 4.98. The summed E-state index contributed by atoms with van der Waals surface area (Å²) in [6.07, 6.45) is 4.61. The van der Waals surface area contributed by atoms with Crippen LogP contribution in [-0.2, 0) is 12.0 Å². The molecule has 2 aromatic rings. The molecule has 0 atom stereocenters. The summed E-state index contributed by atoms with van der Waals surface area (Å²) in [7, 11) is 0. The molecule has 0 unspecified atom stereocenters. The number of nitrogens with one attached hydrogen (secondary N) is 1. The molecule has 1 N–H and O–H groups in total. The summed E-state index contributed by atoms with van der Waals surface area (Å²) in [5.74, 6) is 0.246. The molecule has 1 fully saturated rings. The van der Waals surface area contributed by atoms with Gasteiger partial charge in [0.15, 0.2) is 5.82 Å². The van der Waals surface area contributed by atoms with Crippen molar-refractivity contribution in [1.82, 2.24) is 15.3 Å². The standard InChI is InChI=1S/C17H19FN4.2ClH/c18-14-10-20-16(21-11-14)22-7-5-17(6-8-22)12-19-9-13-3-1-2-4-15(13)17;;/h1-4,10-11,19H,5-9,12H2;2*1H. The number of aromatic nitrogens is 2. The van der Waals surface area contributed by atoms with E-state index in [-0.39, 0.29) is 36.0 Å². The van der Waals surface area contributed by atoms with Gasteiger partial charge in [0.1, 0.15) is 0 Å². The van der Waals surface area contributed by atoms with Crippen LogP contribution in [0.25, 0.3) is 0 Å². The predicted molar refractivity (Wildman–Crippen MR) is 97.8 cm³/mol. The zero-order valence-corrected chi connectivity index (χ0v) is 14.9. The van der Waals surface area contributed by atoms with Gasteiger partial charge in [-0.3, -0.25) is 0 Å². The molecule has 3 heterocycles. The maximum absolute atomic E-state index is 13.0. The lowest BCUT2D eigenvalue weighted by Gasteiger charge is -2.45. The van der Waals surface area contributed by atoms with E-state index in [2.05, 4.69) is 44.5 Å². The maximum atomic E-state index is 13.0. The molecule has 130 valence electrons. The van der Waals surface area contributed by atoms with Gasteiger partial charge in [0.2, 0.25) is 5.95 Å². The van der Waals surface area contributed by atoms with Gasteiger partial charge in [-0.05, 0) is 24.0 Å². The summed E-state index contributed by atoms with van der Waals surface area (Å²) in [5, 5.41) is 3.56. The normalized spacial score (nSPS) is 18.3. The molecule has 4 nitrogen and oxygen atoms in total. The van der Waals surface area contributed by atoms with Gasteiger partial charge >= 0.3 is 0 Å². The smallest absolute Gasteiger partial charge is 0.225 e. The zero-order chi connectivity index (χ0) is 15.0. The average Bonchev–Trinajstić information content (AvgIpc) is 2.57. The molecule has 2 aliphatic heterocycles. The van der Waals surface area contributed by atoms with E-state index in [0.29, 0.717) is 5.95 Å². The highest BCUT2D eigenvalue weighted by Gasteiger charge is 2.39. The molecule has 7 heteroatoms. The lowest BCUT2D eigenvalue weighted by atomic mass is 9.69. The Morgan fingerprint density at radius 3 is 2.42 bits per heavy atom. The van der Waals surface area contributed by atoms with Crippen LogP contribution < -0.4 is 10.2 Å². The molecular formula is C17H21Cl2FN4. The van der Waals surface area contributed by atoms with E-state index >= 15 is 0 Å². The highest BCUT2D eigenvalue weighted by molar-refractivity contribution is 5.85. The van der Waals surface area contributed by atoms with Crippen molar-refractivity contribution in [3.63, 3.8) is 0 Å². The topological polar surface area (TPSA) is 41.1 Å². The van der Waals surface area contributed by atoms with Crippen molar-refractivity contribution in [2.24, 2.45) is 0 Å². The molecular weight excluding hydrogens is 350 g/mol. The highest BCUT2D eigenvalue weighted by Crippen LogP contribution is 2.39.